The van der Waals surface area contributed by atoms with Crippen molar-refractivity contribution in [2.24, 2.45) is 0 Å². The molecular weight excluding hydrogens is 457 g/mol. The van der Waals surface area contributed by atoms with Gasteiger partial charge in [-0.2, -0.15) is 17.5 Å². The van der Waals surface area contributed by atoms with Crippen molar-refractivity contribution in [3.8, 4) is 0 Å². The van der Waals surface area contributed by atoms with Crippen molar-refractivity contribution in [2.45, 2.75) is 30.3 Å². The molecule has 11 heteroatoms. The van der Waals surface area contributed by atoms with Crippen LogP contribution in [0.15, 0.2) is 53.7 Å². The molecule has 0 radical (unpaired) electrons. The smallest absolute Gasteiger partial charge is 0.345 e. The molecule has 33 heavy (non-hydrogen) atoms. The summed E-state index contributed by atoms with van der Waals surface area (Å²) in [6.45, 7) is 2.61. The number of carbonyl (C=O) groups is 1. The topological polar surface area (TPSA) is 86.4 Å². The average Bonchev–Trinajstić information content (AvgIpc) is 3.24. The van der Waals surface area contributed by atoms with Gasteiger partial charge in [-0.05, 0) is 35.7 Å². The van der Waals surface area contributed by atoms with Crippen molar-refractivity contribution in [1.82, 2.24) is 19.2 Å². The van der Waals surface area contributed by atoms with Crippen LogP contribution in [0.5, 0.6) is 0 Å². The number of rotatable bonds is 5. The molecule has 3 heterocycles. The van der Waals surface area contributed by atoms with E-state index in [9.17, 15) is 26.4 Å². The summed E-state index contributed by atoms with van der Waals surface area (Å²) < 4.78 is 65.8. The fourth-order valence-electron chi connectivity index (χ4n) is 3.97. The fourth-order valence-corrected chi connectivity index (χ4v) is 5.54. The van der Waals surface area contributed by atoms with Gasteiger partial charge in [0.2, 0.25) is 15.9 Å². The molecule has 0 aliphatic carbocycles. The number of alkyl halides is 3. The van der Waals surface area contributed by atoms with E-state index in [4.69, 9.17) is 0 Å². The van der Waals surface area contributed by atoms with E-state index in [1.165, 1.54) is 22.6 Å². The number of H-pyrrole nitrogens is 1. The van der Waals surface area contributed by atoms with Crippen LogP contribution in [0.25, 0.3) is 11.0 Å². The van der Waals surface area contributed by atoms with Gasteiger partial charge in [-0.15, -0.1) is 0 Å². The van der Waals surface area contributed by atoms with Crippen LogP contribution in [0.4, 0.5) is 13.2 Å². The van der Waals surface area contributed by atoms with Crippen LogP contribution in [0, 0.1) is 0 Å². The minimum atomic E-state index is -4.40. The van der Waals surface area contributed by atoms with Crippen molar-refractivity contribution in [3.05, 3.63) is 59.9 Å². The highest BCUT2D eigenvalue weighted by atomic mass is 32.2. The molecular formula is C22H23F3N4O3S. The summed E-state index contributed by atoms with van der Waals surface area (Å²) >= 11 is 0. The van der Waals surface area contributed by atoms with Crippen LogP contribution in [0.2, 0.25) is 0 Å². The average molecular weight is 481 g/mol. The first-order valence-electron chi connectivity index (χ1n) is 10.4. The summed E-state index contributed by atoms with van der Waals surface area (Å²) in [5, 5.41) is 0.515. The largest absolute Gasteiger partial charge is 0.416 e. The van der Waals surface area contributed by atoms with E-state index in [1.807, 2.05) is 0 Å². The van der Waals surface area contributed by atoms with Crippen LogP contribution < -0.4 is 0 Å². The van der Waals surface area contributed by atoms with E-state index < -0.39 is 21.8 Å². The van der Waals surface area contributed by atoms with Crippen molar-refractivity contribution in [1.29, 1.82) is 0 Å². The summed E-state index contributed by atoms with van der Waals surface area (Å²) in [6.07, 6.45) is -1.27. The summed E-state index contributed by atoms with van der Waals surface area (Å²) in [4.78, 5) is 21.5. The van der Waals surface area contributed by atoms with Crippen molar-refractivity contribution < 1.29 is 26.4 Å². The van der Waals surface area contributed by atoms with Gasteiger partial charge < -0.3 is 9.88 Å². The number of amides is 1. The molecule has 1 aromatic carbocycles. The standard InChI is InChI=1S/C22H23F3N4O3S/c1-15(16-4-6-17(7-5-16)22(23,24)25)13-20(30)28-9-11-29(12-10-28)33(31,32)19-14-27-21-18(19)3-2-8-26-21/h2-8,14-15H,9-13H2,1H3,(H,26,27). The number of aromatic amines is 1. The second-order valence-electron chi connectivity index (χ2n) is 8.06. The normalized spacial score (nSPS) is 16.8. The quantitative estimate of drug-likeness (QED) is 0.605. The molecule has 7 nitrogen and oxygen atoms in total. The molecule has 1 atom stereocenters. The molecule has 4 rings (SSSR count). The van der Waals surface area contributed by atoms with E-state index in [0.717, 1.165) is 12.1 Å². The van der Waals surface area contributed by atoms with Gasteiger partial charge in [0.1, 0.15) is 10.5 Å². The lowest BCUT2D eigenvalue weighted by Gasteiger charge is -2.34. The van der Waals surface area contributed by atoms with Gasteiger partial charge in [0, 0.05) is 50.4 Å². The van der Waals surface area contributed by atoms with Gasteiger partial charge in [-0.1, -0.05) is 19.1 Å². The number of aromatic nitrogens is 2. The molecule has 1 fully saturated rings. The van der Waals surface area contributed by atoms with E-state index in [-0.39, 0.29) is 49.3 Å². The van der Waals surface area contributed by atoms with Crippen molar-refractivity contribution >= 4 is 27.0 Å². The highest BCUT2D eigenvalue weighted by molar-refractivity contribution is 7.89. The summed E-state index contributed by atoms with van der Waals surface area (Å²) in [5.41, 5.74) is 0.403. The zero-order chi connectivity index (χ0) is 23.8. The van der Waals surface area contributed by atoms with Gasteiger partial charge in [0.05, 0.1) is 5.56 Å². The molecule has 1 amide bonds. The second-order valence-corrected chi connectivity index (χ2v) is 9.97. The Morgan fingerprint density at radius 1 is 1.12 bits per heavy atom. The predicted molar refractivity (Wildman–Crippen MR) is 116 cm³/mol. The van der Waals surface area contributed by atoms with Crippen molar-refractivity contribution in [3.63, 3.8) is 0 Å². The van der Waals surface area contributed by atoms with E-state index in [2.05, 4.69) is 9.97 Å². The maximum absolute atomic E-state index is 13.1. The first-order valence-corrected chi connectivity index (χ1v) is 11.9. The molecule has 176 valence electrons. The molecule has 0 saturated carbocycles. The van der Waals surface area contributed by atoms with Gasteiger partial charge >= 0.3 is 6.18 Å². The number of pyridine rings is 1. The van der Waals surface area contributed by atoms with E-state index in [1.54, 1.807) is 30.2 Å². The number of carbonyl (C=O) groups excluding carboxylic acids is 1. The molecule has 1 saturated heterocycles. The zero-order valence-corrected chi connectivity index (χ0v) is 18.7. The third-order valence-electron chi connectivity index (χ3n) is 5.91. The Bertz CT molecular complexity index is 1250. The van der Waals surface area contributed by atoms with Crippen LogP contribution in [-0.2, 0) is 21.0 Å². The van der Waals surface area contributed by atoms with Crippen LogP contribution in [0.3, 0.4) is 0 Å². The molecule has 0 bridgehead atoms. The van der Waals surface area contributed by atoms with Crippen LogP contribution >= 0.6 is 0 Å². The van der Waals surface area contributed by atoms with Crippen LogP contribution in [0.1, 0.15) is 30.4 Å². The number of hydrogen-bond acceptors (Lipinski definition) is 4. The lowest BCUT2D eigenvalue weighted by Crippen LogP contribution is -2.50. The minimum Gasteiger partial charge on any atom is -0.345 e. The third kappa shape index (κ3) is 4.74. The molecule has 3 aromatic rings. The number of hydrogen-bond donors (Lipinski definition) is 1. The number of nitrogens with one attached hydrogen (secondary N) is 1. The summed E-state index contributed by atoms with van der Waals surface area (Å²) in [5.74, 6) is -0.420. The van der Waals surface area contributed by atoms with Gasteiger partial charge in [0.15, 0.2) is 0 Å². The third-order valence-corrected chi connectivity index (χ3v) is 7.85. The molecule has 2 aromatic heterocycles. The number of piperazine rings is 1. The number of nitrogens with zero attached hydrogens (tertiary/aromatic N) is 3. The van der Waals surface area contributed by atoms with Crippen LogP contribution in [-0.4, -0.2) is 59.7 Å². The maximum Gasteiger partial charge on any atom is 0.416 e. The van der Waals surface area contributed by atoms with Gasteiger partial charge in [0.25, 0.3) is 0 Å². The SMILES string of the molecule is CC(CC(=O)N1CCN(S(=O)(=O)c2c[nH]c3ncccc23)CC1)c1ccc(C(F)(F)F)cc1. The number of sulfonamides is 1. The first kappa shape index (κ1) is 23.2. The first-order chi connectivity index (χ1) is 15.6. The maximum atomic E-state index is 13.1. The molecule has 0 spiro atoms. The van der Waals surface area contributed by atoms with Gasteiger partial charge in [-0.25, -0.2) is 13.4 Å². The molecule has 1 aliphatic rings. The lowest BCUT2D eigenvalue weighted by atomic mass is 9.96. The zero-order valence-electron chi connectivity index (χ0n) is 17.8. The Balaban J connectivity index is 1.37. The number of benzene rings is 1. The summed E-state index contributed by atoms with van der Waals surface area (Å²) in [6, 6.07) is 8.17. The van der Waals surface area contributed by atoms with E-state index in [0.29, 0.717) is 16.6 Å². The molecule has 1 unspecified atom stereocenters. The Morgan fingerprint density at radius 3 is 2.42 bits per heavy atom. The highest BCUT2D eigenvalue weighted by Gasteiger charge is 2.33. The molecule has 1 N–H and O–H groups in total. The highest BCUT2D eigenvalue weighted by Crippen LogP contribution is 2.31. The lowest BCUT2D eigenvalue weighted by molar-refractivity contribution is -0.137. The number of halogens is 3. The summed E-state index contributed by atoms with van der Waals surface area (Å²) in [7, 11) is -3.74. The Hall–Kier alpha value is -2.92. The Labute approximate surface area is 189 Å². The van der Waals surface area contributed by atoms with E-state index >= 15 is 0 Å². The fraction of sp³-hybridized carbons (Fsp3) is 0.364. The Kier molecular flexibility index (Phi) is 6.19. The molecule has 1 aliphatic heterocycles. The van der Waals surface area contributed by atoms with Gasteiger partial charge in [-0.3, -0.25) is 4.79 Å². The Morgan fingerprint density at radius 2 is 1.79 bits per heavy atom. The van der Waals surface area contributed by atoms with Crippen molar-refractivity contribution in [2.75, 3.05) is 26.2 Å². The number of fused-ring (bicyclic) bond motifs is 1. The minimum absolute atomic E-state index is 0.131. The predicted octanol–water partition coefficient (Wildman–Crippen LogP) is 3.61. The second kappa shape index (κ2) is 8.79. The monoisotopic (exact) mass is 480 g/mol.